The smallest absolute Gasteiger partial charge is 0.230 e. The van der Waals surface area contributed by atoms with E-state index in [4.69, 9.17) is 17.0 Å². The van der Waals surface area contributed by atoms with Crippen LogP contribution < -0.4 is 15.4 Å². The predicted octanol–water partition coefficient (Wildman–Crippen LogP) is 5.54. The summed E-state index contributed by atoms with van der Waals surface area (Å²) in [6, 6.07) is 7.44. The minimum atomic E-state index is -0.635. The number of thiocarbonyl (C=S) groups is 1. The fourth-order valence-electron chi connectivity index (χ4n) is 2.72. The zero-order chi connectivity index (χ0) is 23.1. The van der Waals surface area contributed by atoms with E-state index in [1.54, 1.807) is 36.4 Å². The predicted molar refractivity (Wildman–Crippen MR) is 129 cm³/mol. The Morgan fingerprint density at radius 1 is 1.25 bits per heavy atom. The first-order valence-corrected chi connectivity index (χ1v) is 10.5. The SMILES string of the molecule is C=C/C=C(\C=C)CC(=O)NC(=S)Nc1ccc(Oc2ccnc3cc(C=O)sc23)c(F)c1. The maximum Gasteiger partial charge on any atom is 0.230 e. The number of carbonyl (C=O) groups is 2. The molecular formula is C23H18FN3O3S2. The molecule has 3 aromatic rings. The van der Waals surface area contributed by atoms with Gasteiger partial charge < -0.3 is 15.4 Å². The Labute approximate surface area is 193 Å². The molecule has 0 bridgehead atoms. The first-order valence-electron chi connectivity index (χ1n) is 9.29. The van der Waals surface area contributed by atoms with Gasteiger partial charge in [0.05, 0.1) is 21.5 Å². The molecule has 2 heterocycles. The summed E-state index contributed by atoms with van der Waals surface area (Å²) in [6.45, 7) is 7.21. The van der Waals surface area contributed by atoms with Crippen molar-refractivity contribution in [2.24, 2.45) is 0 Å². The zero-order valence-electron chi connectivity index (χ0n) is 16.8. The molecule has 0 unspecified atom stereocenters. The molecule has 0 fully saturated rings. The summed E-state index contributed by atoms with van der Waals surface area (Å²) in [5.41, 5.74) is 1.62. The van der Waals surface area contributed by atoms with Crippen molar-refractivity contribution in [3.05, 3.63) is 84.2 Å². The lowest BCUT2D eigenvalue weighted by molar-refractivity contribution is -0.118. The number of anilines is 1. The number of fused-ring (bicyclic) bond motifs is 1. The van der Waals surface area contributed by atoms with Gasteiger partial charge in [-0.1, -0.05) is 31.4 Å². The van der Waals surface area contributed by atoms with Crippen molar-refractivity contribution in [1.29, 1.82) is 0 Å². The number of carbonyl (C=O) groups excluding carboxylic acids is 2. The highest BCUT2D eigenvalue weighted by Gasteiger charge is 2.13. The number of ether oxygens (including phenoxy) is 1. The lowest BCUT2D eigenvalue weighted by Gasteiger charge is -2.12. The molecule has 1 amide bonds. The van der Waals surface area contributed by atoms with Crippen LogP contribution in [-0.4, -0.2) is 22.3 Å². The van der Waals surface area contributed by atoms with Crippen LogP contribution in [0.15, 0.2) is 73.5 Å². The number of allylic oxidation sites excluding steroid dienone is 3. The van der Waals surface area contributed by atoms with Crippen LogP contribution in [0, 0.1) is 5.82 Å². The van der Waals surface area contributed by atoms with Gasteiger partial charge in [-0.05, 0) is 36.0 Å². The highest BCUT2D eigenvalue weighted by atomic mass is 32.1. The molecule has 2 N–H and O–H groups in total. The van der Waals surface area contributed by atoms with Crippen molar-refractivity contribution in [1.82, 2.24) is 10.3 Å². The summed E-state index contributed by atoms with van der Waals surface area (Å²) in [6.07, 6.45) is 7.11. The summed E-state index contributed by atoms with van der Waals surface area (Å²) in [4.78, 5) is 27.8. The van der Waals surface area contributed by atoms with Crippen molar-refractivity contribution >= 4 is 56.8 Å². The number of amides is 1. The number of nitrogens with one attached hydrogen (secondary N) is 2. The van der Waals surface area contributed by atoms with Gasteiger partial charge >= 0.3 is 0 Å². The highest BCUT2D eigenvalue weighted by molar-refractivity contribution is 7.80. The van der Waals surface area contributed by atoms with Gasteiger partial charge in [-0.25, -0.2) is 4.39 Å². The quantitative estimate of drug-likeness (QED) is 0.257. The van der Waals surface area contributed by atoms with Crippen molar-refractivity contribution in [2.45, 2.75) is 6.42 Å². The average Bonchev–Trinajstić information content (AvgIpc) is 3.19. The van der Waals surface area contributed by atoms with Crippen LogP contribution in [0.25, 0.3) is 10.2 Å². The van der Waals surface area contributed by atoms with Crippen molar-refractivity contribution in [3.63, 3.8) is 0 Å². The number of benzene rings is 1. The van der Waals surface area contributed by atoms with Crippen LogP contribution in [0.5, 0.6) is 11.5 Å². The van der Waals surface area contributed by atoms with Gasteiger partial charge in [-0.15, -0.1) is 11.3 Å². The molecule has 0 spiro atoms. The van der Waals surface area contributed by atoms with E-state index in [0.29, 0.717) is 32.1 Å². The lowest BCUT2D eigenvalue weighted by atomic mass is 10.1. The average molecular weight is 468 g/mol. The Kier molecular flexibility index (Phi) is 7.58. The Balaban J connectivity index is 1.67. The Morgan fingerprint density at radius 3 is 2.75 bits per heavy atom. The lowest BCUT2D eigenvalue weighted by Crippen LogP contribution is -2.34. The molecule has 3 rings (SSSR count). The standard InChI is InChI=1S/C23H18FN3O3S2/c1-3-5-14(4-2)10-21(29)27-23(31)26-15-6-7-19(17(24)11-15)30-20-8-9-25-18-12-16(13-28)32-22(18)20/h3-9,11-13H,1-2,10H2,(H2,26,27,29,31)/b14-5+. The van der Waals surface area contributed by atoms with Crippen molar-refractivity contribution in [3.8, 4) is 11.5 Å². The topological polar surface area (TPSA) is 80.3 Å². The third-order valence-electron chi connectivity index (χ3n) is 4.13. The summed E-state index contributed by atoms with van der Waals surface area (Å²) in [5, 5.41) is 5.31. The molecule has 162 valence electrons. The van der Waals surface area contributed by atoms with Gasteiger partial charge in [0.25, 0.3) is 0 Å². The number of aromatic nitrogens is 1. The maximum atomic E-state index is 14.6. The summed E-state index contributed by atoms with van der Waals surface area (Å²) >= 11 is 6.33. The summed E-state index contributed by atoms with van der Waals surface area (Å²) < 4.78 is 21.0. The molecule has 0 radical (unpaired) electrons. The molecule has 6 nitrogen and oxygen atoms in total. The zero-order valence-corrected chi connectivity index (χ0v) is 18.4. The normalized spacial score (nSPS) is 11.0. The van der Waals surface area contributed by atoms with E-state index in [1.165, 1.54) is 29.7 Å². The molecule has 0 saturated carbocycles. The second kappa shape index (κ2) is 10.6. The number of thiophene rings is 1. The van der Waals surface area contributed by atoms with Gasteiger partial charge in [0.1, 0.15) is 5.75 Å². The van der Waals surface area contributed by atoms with Crippen LogP contribution in [0.3, 0.4) is 0 Å². The molecule has 2 aromatic heterocycles. The van der Waals surface area contributed by atoms with Gasteiger partial charge in [0.2, 0.25) is 5.91 Å². The van der Waals surface area contributed by atoms with E-state index in [1.807, 2.05) is 0 Å². The summed E-state index contributed by atoms with van der Waals surface area (Å²) in [5.74, 6) is -0.599. The van der Waals surface area contributed by atoms with Crippen molar-refractivity contribution < 1.29 is 18.7 Å². The third kappa shape index (κ3) is 5.71. The molecule has 32 heavy (non-hydrogen) atoms. The molecule has 0 aliphatic carbocycles. The number of hydrogen-bond donors (Lipinski definition) is 2. The molecule has 0 saturated heterocycles. The number of pyridine rings is 1. The largest absolute Gasteiger partial charge is 0.453 e. The first-order chi connectivity index (χ1) is 15.4. The fraction of sp³-hybridized carbons (Fsp3) is 0.0435. The van der Waals surface area contributed by atoms with Gasteiger partial charge in [0, 0.05) is 24.0 Å². The van der Waals surface area contributed by atoms with E-state index in [2.05, 4.69) is 28.8 Å². The van der Waals surface area contributed by atoms with Gasteiger partial charge in [-0.2, -0.15) is 0 Å². The van der Waals surface area contributed by atoms with E-state index < -0.39 is 5.82 Å². The van der Waals surface area contributed by atoms with E-state index in [9.17, 15) is 14.0 Å². The van der Waals surface area contributed by atoms with E-state index in [0.717, 1.165) is 6.29 Å². The molecule has 0 aliphatic rings. The molecule has 0 aliphatic heterocycles. The molecule has 0 atom stereocenters. The van der Waals surface area contributed by atoms with Crippen LogP contribution in [0.2, 0.25) is 0 Å². The Bertz CT molecular complexity index is 1250. The molecular weight excluding hydrogens is 449 g/mol. The van der Waals surface area contributed by atoms with Gasteiger partial charge in [0.15, 0.2) is 23.0 Å². The van der Waals surface area contributed by atoms with E-state index in [-0.39, 0.29) is 23.2 Å². The van der Waals surface area contributed by atoms with E-state index >= 15 is 0 Å². The van der Waals surface area contributed by atoms with Crippen molar-refractivity contribution in [2.75, 3.05) is 5.32 Å². The second-order valence-corrected chi connectivity index (χ2v) is 7.89. The Morgan fingerprint density at radius 2 is 2.06 bits per heavy atom. The number of halogens is 1. The van der Waals surface area contributed by atoms with Crippen LogP contribution in [0.1, 0.15) is 16.1 Å². The minimum Gasteiger partial charge on any atom is -0.453 e. The van der Waals surface area contributed by atoms with Gasteiger partial charge in [-0.3, -0.25) is 14.6 Å². The van der Waals surface area contributed by atoms with Crippen LogP contribution >= 0.6 is 23.6 Å². The second-order valence-electron chi connectivity index (χ2n) is 6.40. The monoisotopic (exact) mass is 467 g/mol. The third-order valence-corrected chi connectivity index (χ3v) is 5.40. The van der Waals surface area contributed by atoms with Crippen LogP contribution in [0.4, 0.5) is 10.1 Å². The fourth-order valence-corrected chi connectivity index (χ4v) is 3.83. The minimum absolute atomic E-state index is 0.00996. The first kappa shape index (κ1) is 23.0. The molecule has 9 heteroatoms. The number of aldehydes is 1. The number of hydrogen-bond acceptors (Lipinski definition) is 6. The van der Waals surface area contributed by atoms with Crippen LogP contribution in [-0.2, 0) is 4.79 Å². The summed E-state index contributed by atoms with van der Waals surface area (Å²) in [7, 11) is 0. The molecule has 1 aromatic carbocycles. The number of nitrogens with zero attached hydrogens (tertiary/aromatic N) is 1. The Hall–Kier alpha value is -3.69. The maximum absolute atomic E-state index is 14.6. The number of rotatable bonds is 8. The highest BCUT2D eigenvalue weighted by Crippen LogP contribution is 2.35.